The first-order chi connectivity index (χ1) is 72.2. The van der Waals surface area contributed by atoms with E-state index in [1.54, 1.807) is 175 Å². The molecule has 13 aromatic heterocycles. The van der Waals surface area contributed by atoms with E-state index in [1.165, 1.54) is 105 Å². The van der Waals surface area contributed by atoms with Gasteiger partial charge in [0, 0.05) is 82.8 Å². The summed E-state index contributed by atoms with van der Waals surface area (Å²) in [5.74, 6) is 3.59. The van der Waals surface area contributed by atoms with Crippen LogP contribution in [0.2, 0.25) is 35.3 Å². The number of aromatic amines is 5. The fourth-order valence-electron chi connectivity index (χ4n) is 14.0. The number of hydrogen-bond donors (Lipinski definition) is 7. The predicted octanol–water partition coefficient (Wildman–Crippen LogP) is 20.2. The number of carbonyl (C=O) groups is 2. The van der Waals surface area contributed by atoms with Gasteiger partial charge in [0.2, 0.25) is 0 Å². The number of aliphatic hydroxyl groups is 2. The molecule has 0 aliphatic rings. The molecule has 0 saturated carbocycles. The molecule has 0 aliphatic heterocycles. The van der Waals surface area contributed by atoms with E-state index in [0.29, 0.717) is 168 Å². The lowest BCUT2D eigenvalue weighted by Crippen LogP contribution is -2.27. The molecule has 48 heteroatoms. The second-order valence-electron chi connectivity index (χ2n) is 32.0. The lowest BCUT2D eigenvalue weighted by molar-refractivity contribution is 0.0966. The van der Waals surface area contributed by atoms with E-state index < -0.39 is 5.56 Å². The Labute approximate surface area is 905 Å². The number of hydrogen-bond acceptors (Lipinski definition) is 29. The quantitative estimate of drug-likeness (QED) is 0.00572. The van der Waals surface area contributed by atoms with Gasteiger partial charge in [-0.05, 0) is 140 Å². The lowest BCUT2D eigenvalue weighted by Gasteiger charge is -2.12. The number of Topliss-reactive ketones (excluding diaryl/α,β-unsaturated/α-hetero) is 2. The van der Waals surface area contributed by atoms with Gasteiger partial charge < -0.3 is 35.1 Å². The number of H-pyrrole nitrogens is 5. The Morgan fingerprint density at radius 3 is 1.03 bits per heavy atom. The number of allylic oxidation sites excluding steroid dienone is 1. The Kier molecular flexibility index (Phi) is 37.2. The average molecular weight is 2250 g/mol. The smallest absolute Gasteiger partial charge is 0.265 e. The van der Waals surface area contributed by atoms with Crippen molar-refractivity contribution in [3.8, 4) is 34.1 Å². The molecule has 0 bridgehead atoms. The van der Waals surface area contributed by atoms with Crippen molar-refractivity contribution in [2.75, 3.05) is 42.0 Å². The van der Waals surface area contributed by atoms with Gasteiger partial charge in [-0.1, -0.05) is 281 Å². The van der Waals surface area contributed by atoms with E-state index >= 15 is 0 Å². The third-order valence-corrected chi connectivity index (χ3v) is 28.5. The molecule has 0 fully saturated rings. The molecule has 21 aromatic rings. The molecule has 7 N–H and O–H groups in total. The van der Waals surface area contributed by atoms with Crippen LogP contribution in [0.25, 0.3) is 100 Å². The van der Waals surface area contributed by atoms with Gasteiger partial charge in [0.05, 0.1) is 90.2 Å². The maximum Gasteiger partial charge on any atom is 0.265 e. The van der Waals surface area contributed by atoms with Gasteiger partial charge in [-0.15, -0.1) is 0 Å². The van der Waals surface area contributed by atoms with E-state index in [1.807, 2.05) is 91.9 Å². The summed E-state index contributed by atoms with van der Waals surface area (Å²) in [7, 11) is 0. The first-order valence-corrected chi connectivity index (χ1v) is 53.6. The van der Waals surface area contributed by atoms with Crippen LogP contribution in [0.5, 0.6) is 0 Å². The minimum Gasteiger partial charge on any atom is -0.396 e. The van der Waals surface area contributed by atoms with Crippen LogP contribution in [0.3, 0.4) is 0 Å². The van der Waals surface area contributed by atoms with Crippen LogP contribution < -0.4 is 33.4 Å². The second-order valence-corrected chi connectivity index (χ2v) is 41.1. The van der Waals surface area contributed by atoms with Crippen LogP contribution >= 0.6 is 152 Å². The number of nitrogens with zero attached hydrogens (tertiary/aromatic N) is 20. The first-order valence-electron chi connectivity index (χ1n) is 45.0. The Bertz CT molecular complexity index is 8830. The maximum absolute atomic E-state index is 13.5. The second kappa shape index (κ2) is 51.4. The summed E-state index contributed by atoms with van der Waals surface area (Å²) in [6, 6.07) is 64.4. The Hall–Kier alpha value is -13.9. The van der Waals surface area contributed by atoms with Gasteiger partial charge in [-0.25, -0.2) is 63.0 Å². The van der Waals surface area contributed by atoms with Crippen LogP contribution in [0, 0.1) is 5.92 Å². The maximum atomic E-state index is 13.5. The minimum atomic E-state index is -0.410. The normalized spacial score (nSPS) is 11.2. The molecule has 21 rings (SSSR count). The molecule has 0 spiro atoms. The molecule has 0 saturated heterocycles. The summed E-state index contributed by atoms with van der Waals surface area (Å²) in [4.78, 5) is 145. The Morgan fingerprint density at radius 2 is 0.698 bits per heavy atom. The predicted molar refractivity (Wildman–Crippen MR) is 593 cm³/mol. The SMILES string of the molecule is C/C=C/CSc1nc2c(cnn2-c2cccc(Cl)c2)c(=O)[nH]1.CC(C)CSc1nc2c(cnn2-c2cccc(Cl)c2)c(=O)[nH]1.O=C(CSc1nc2c(cnn2-c2cccc(Cl)c2)c(=O)n1CC(=O)c1ccccc1)c1ccccc1.O=c1[nH]c(SCCCO)nc2c1cnn2-c1cccc(Cl)c1.O=c1[nH]c(SCCO)nc2c1cnn2-c1cccc(Cl)c1.O=c1[nH]c(SCc2ccc(Cl)nc2)nc2c1cnn2-c1cccc(Cl)c1. The lowest BCUT2D eigenvalue weighted by atomic mass is 10.1. The van der Waals surface area contributed by atoms with Gasteiger partial charge in [0.25, 0.3) is 33.4 Å². The topological polar surface area (TPSA) is 458 Å². The van der Waals surface area contributed by atoms with Crippen molar-refractivity contribution < 1.29 is 19.8 Å². The highest BCUT2D eigenvalue weighted by Gasteiger charge is 2.24. The van der Waals surface area contributed by atoms with E-state index in [-0.39, 0.29) is 75.4 Å². The number of fused-ring (bicyclic) bond motifs is 6. The van der Waals surface area contributed by atoms with Crippen molar-refractivity contribution in [2.45, 2.75) is 70.4 Å². The number of ketones is 2. The van der Waals surface area contributed by atoms with Crippen LogP contribution in [0.4, 0.5) is 0 Å². The molecule has 149 heavy (non-hydrogen) atoms. The third kappa shape index (κ3) is 27.6. The van der Waals surface area contributed by atoms with Gasteiger partial charge >= 0.3 is 0 Å². The summed E-state index contributed by atoms with van der Waals surface area (Å²) < 4.78 is 10.8. The number of halogens is 7. The molecule has 13 heterocycles. The monoisotopic (exact) mass is 2240 g/mol. The highest BCUT2D eigenvalue weighted by Crippen LogP contribution is 2.31. The number of rotatable bonds is 29. The number of nitrogens with one attached hydrogen (secondary N) is 5. The molecule has 8 aromatic carbocycles. The average Bonchev–Trinajstić information content (AvgIpc) is 1.65. The summed E-state index contributed by atoms with van der Waals surface area (Å²) in [5.41, 5.74) is 7.72. The number of aromatic nitrogens is 25. The molecule has 0 radical (unpaired) electrons. The molecule has 0 atom stereocenters. The van der Waals surface area contributed by atoms with Crippen LogP contribution in [0.1, 0.15) is 53.5 Å². The van der Waals surface area contributed by atoms with E-state index in [9.17, 15) is 38.4 Å². The van der Waals surface area contributed by atoms with Crippen molar-refractivity contribution in [3.05, 3.63) is 388 Å². The van der Waals surface area contributed by atoms with Crippen molar-refractivity contribution in [3.63, 3.8) is 0 Å². The van der Waals surface area contributed by atoms with Crippen molar-refractivity contribution in [1.29, 1.82) is 0 Å². The zero-order chi connectivity index (χ0) is 105. The Morgan fingerprint density at radius 1 is 0.362 bits per heavy atom. The molecule has 0 unspecified atom stereocenters. The van der Waals surface area contributed by atoms with Gasteiger partial charge in [-0.3, -0.25) is 42.9 Å². The molecular weight excluding hydrogens is 2160 g/mol. The van der Waals surface area contributed by atoms with E-state index in [2.05, 4.69) is 99.3 Å². The van der Waals surface area contributed by atoms with Crippen molar-refractivity contribution in [2.24, 2.45) is 5.92 Å². The van der Waals surface area contributed by atoms with Crippen LogP contribution in [-0.4, -0.2) is 187 Å². The number of carbonyl (C=O) groups excluding carboxylic acids is 2. The number of pyridine rings is 1. The van der Waals surface area contributed by atoms with E-state index in [0.717, 1.165) is 57.3 Å². The van der Waals surface area contributed by atoms with Crippen LogP contribution in [-0.2, 0) is 12.3 Å². The summed E-state index contributed by atoms with van der Waals surface area (Å²) in [5, 5.41) is 52.5. The Balaban J connectivity index is 0.000000129. The first kappa shape index (κ1) is 108. The van der Waals surface area contributed by atoms with Crippen molar-refractivity contribution >= 4 is 230 Å². The molecule has 0 aliphatic carbocycles. The largest absolute Gasteiger partial charge is 0.396 e. The van der Waals surface area contributed by atoms with Gasteiger partial charge in [0.15, 0.2) is 76.4 Å². The number of aliphatic hydroxyl groups excluding tert-OH is 2. The molecule has 0 amide bonds. The zero-order valence-corrected chi connectivity index (χ0v) is 88.5. The molecule has 756 valence electrons. The van der Waals surface area contributed by atoms with Gasteiger partial charge in [0.1, 0.15) is 37.5 Å². The van der Waals surface area contributed by atoms with Crippen molar-refractivity contribution in [1.82, 2.24) is 123 Å². The van der Waals surface area contributed by atoms with E-state index in [4.69, 9.17) is 96.4 Å². The number of thioether (sulfide) groups is 6. The number of benzene rings is 8. The standard InChI is InChI=1S/C27H19ClN4O3S.C17H11Cl2N5OS.C15H15ClN4OS.C15H13ClN4OS.C14H13ClN4O2S.C13H11ClN4O2S/c28-20-12-7-13-21(14-20)32-25-22(15-29-32)26(35)31(16-23(33)18-8-3-1-4-9-18)27(30-25)36-17-24(34)19-10-5-2-6-11-19;18-11-2-1-3-12(6-11)24-15-13(8-21-24)16(25)23-17(22-15)26-9-10-4-5-14(19)20-7-10;1-9(2)8-22-15-18-13-12(14(21)19-15)7-17-20(13)11-5-3-4-10(16)6-11;1-2-3-7-22-15-18-13-12(14(21)19-15)9-17-20(13)11-6-4-5-10(16)8-11;15-9-3-1-4-10(7-9)19-12-11(8-16-19)13(21)18-14(17-12)22-6-2-5-20;14-8-2-1-3-9(6-8)18-11-10(7-15-18)12(20)17-13(16-11)21-5-4-19/h1-15H,16-17H2;1-8H,9H2,(H,22,23,25);3-7,9H,8H2,1-2H3,(H,18,19,21);2-6,8-9H,7H2,1H3,(H,18,19,21);1,3-4,7-8,20H,2,5-6H2,(H,17,18,21);1-3,6-7,19H,4-5H2,(H,16,17,20)/b;;;3-2+;;. The zero-order valence-electron chi connectivity index (χ0n) is 78.3. The fourth-order valence-corrected chi connectivity index (χ4v) is 19.9. The summed E-state index contributed by atoms with van der Waals surface area (Å²) in [6.45, 7) is 6.11. The fraction of sp³-hybridized carbons (Fsp3) is 0.139. The van der Waals surface area contributed by atoms with Gasteiger partial charge in [-0.2, -0.15) is 30.6 Å². The minimum absolute atomic E-state index is 0.0139. The molecule has 35 nitrogen and oxygen atoms in total. The summed E-state index contributed by atoms with van der Waals surface area (Å²) in [6.07, 6.45) is 15.2. The van der Waals surface area contributed by atoms with Crippen LogP contribution in [0.15, 0.2) is 334 Å². The molecular formula is C101H82Cl7N25O10S6. The third-order valence-electron chi connectivity index (χ3n) is 21.0. The highest BCUT2D eigenvalue weighted by molar-refractivity contribution is 8.00. The highest BCUT2D eigenvalue weighted by atomic mass is 35.5. The summed E-state index contributed by atoms with van der Waals surface area (Å²) >= 11 is 50.2.